The Hall–Kier alpha value is -1.26. The number of halogens is 1. The zero-order chi connectivity index (χ0) is 13.1. The first-order chi connectivity index (χ1) is 8.56. The zero-order valence-electron chi connectivity index (χ0n) is 10.2. The number of carboxylic acids is 1. The van der Waals surface area contributed by atoms with Gasteiger partial charge in [0.2, 0.25) is 0 Å². The third-order valence-electron chi connectivity index (χ3n) is 3.13. The van der Waals surface area contributed by atoms with Gasteiger partial charge in [-0.1, -0.05) is 11.6 Å². The Morgan fingerprint density at radius 1 is 1.44 bits per heavy atom. The van der Waals surface area contributed by atoms with Crippen molar-refractivity contribution >= 4 is 17.6 Å². The van der Waals surface area contributed by atoms with E-state index in [0.29, 0.717) is 10.8 Å². The topological polar surface area (TPSA) is 49.8 Å². The van der Waals surface area contributed by atoms with Crippen molar-refractivity contribution in [2.75, 3.05) is 20.1 Å². The van der Waals surface area contributed by atoms with Crippen molar-refractivity contribution in [3.8, 4) is 5.75 Å². The second kappa shape index (κ2) is 5.59. The number of rotatable bonds is 3. The number of benzene rings is 1. The molecule has 5 heteroatoms. The highest BCUT2D eigenvalue weighted by molar-refractivity contribution is 6.31. The fourth-order valence-corrected chi connectivity index (χ4v) is 2.23. The molecule has 18 heavy (non-hydrogen) atoms. The van der Waals surface area contributed by atoms with Crippen molar-refractivity contribution in [1.29, 1.82) is 0 Å². The molecule has 1 aromatic carbocycles. The lowest BCUT2D eigenvalue weighted by atomic mass is 10.1. The summed E-state index contributed by atoms with van der Waals surface area (Å²) in [5.74, 6) is -0.609. The van der Waals surface area contributed by atoms with E-state index in [1.807, 2.05) is 0 Å². The van der Waals surface area contributed by atoms with Crippen LogP contribution in [0.3, 0.4) is 0 Å². The van der Waals surface area contributed by atoms with E-state index in [-0.39, 0.29) is 11.7 Å². The normalized spacial score (nSPS) is 17.7. The average Bonchev–Trinajstić information content (AvgIpc) is 2.34. The first-order valence-electron chi connectivity index (χ1n) is 5.94. The minimum absolute atomic E-state index is 0.0838. The molecule has 1 fully saturated rings. The number of carboxylic acid groups (broad SMARTS) is 1. The molecule has 0 amide bonds. The van der Waals surface area contributed by atoms with Gasteiger partial charge < -0.3 is 14.7 Å². The summed E-state index contributed by atoms with van der Waals surface area (Å²) in [6.45, 7) is 1.95. The Morgan fingerprint density at radius 3 is 2.72 bits per heavy atom. The molecule has 0 aliphatic carbocycles. The van der Waals surface area contributed by atoms with Crippen molar-refractivity contribution in [1.82, 2.24) is 4.90 Å². The van der Waals surface area contributed by atoms with Gasteiger partial charge in [0.05, 0.1) is 0 Å². The summed E-state index contributed by atoms with van der Waals surface area (Å²) in [6, 6.07) is 4.70. The lowest BCUT2D eigenvalue weighted by Gasteiger charge is -2.29. The summed E-state index contributed by atoms with van der Waals surface area (Å²) < 4.78 is 5.78. The van der Waals surface area contributed by atoms with Gasteiger partial charge in [0, 0.05) is 18.1 Å². The molecule has 0 radical (unpaired) electrons. The SMILES string of the molecule is CN1CCC(Oc2ccc(Cl)cc2C(=O)O)CC1. The van der Waals surface area contributed by atoms with Gasteiger partial charge >= 0.3 is 5.97 Å². The fourth-order valence-electron chi connectivity index (χ4n) is 2.05. The van der Waals surface area contributed by atoms with Crippen LogP contribution in [0.1, 0.15) is 23.2 Å². The van der Waals surface area contributed by atoms with E-state index < -0.39 is 5.97 Å². The van der Waals surface area contributed by atoms with Crippen LogP contribution in [0.25, 0.3) is 0 Å². The smallest absolute Gasteiger partial charge is 0.339 e. The van der Waals surface area contributed by atoms with Gasteiger partial charge in [0.15, 0.2) is 0 Å². The lowest BCUT2D eigenvalue weighted by Crippen LogP contribution is -2.35. The maximum atomic E-state index is 11.1. The summed E-state index contributed by atoms with van der Waals surface area (Å²) in [5.41, 5.74) is 0.126. The molecule has 0 aromatic heterocycles. The van der Waals surface area contributed by atoms with Crippen LogP contribution in [0.15, 0.2) is 18.2 Å². The van der Waals surface area contributed by atoms with Gasteiger partial charge in [0.1, 0.15) is 17.4 Å². The Bertz CT molecular complexity index is 442. The number of aromatic carboxylic acids is 1. The molecule has 0 atom stereocenters. The number of likely N-dealkylation sites (tertiary alicyclic amines) is 1. The van der Waals surface area contributed by atoms with Crippen LogP contribution in [0, 0.1) is 0 Å². The van der Waals surface area contributed by atoms with Crippen molar-refractivity contribution in [2.45, 2.75) is 18.9 Å². The molecule has 0 saturated carbocycles. The van der Waals surface area contributed by atoms with Crippen LogP contribution in [-0.4, -0.2) is 42.2 Å². The minimum Gasteiger partial charge on any atom is -0.489 e. The van der Waals surface area contributed by atoms with Gasteiger partial charge in [-0.25, -0.2) is 4.79 Å². The molecule has 0 bridgehead atoms. The quantitative estimate of drug-likeness (QED) is 0.916. The van der Waals surface area contributed by atoms with E-state index in [2.05, 4.69) is 11.9 Å². The van der Waals surface area contributed by atoms with Crippen LogP contribution in [0.2, 0.25) is 5.02 Å². The fraction of sp³-hybridized carbons (Fsp3) is 0.462. The first-order valence-corrected chi connectivity index (χ1v) is 6.32. The molecule has 4 nitrogen and oxygen atoms in total. The lowest BCUT2D eigenvalue weighted by molar-refractivity contribution is 0.0681. The third-order valence-corrected chi connectivity index (χ3v) is 3.37. The van der Waals surface area contributed by atoms with Crippen molar-refractivity contribution in [2.24, 2.45) is 0 Å². The number of hydrogen-bond donors (Lipinski definition) is 1. The Kier molecular flexibility index (Phi) is 4.09. The molecule has 1 aliphatic rings. The van der Waals surface area contributed by atoms with Gasteiger partial charge in [-0.2, -0.15) is 0 Å². The monoisotopic (exact) mass is 269 g/mol. The molecular formula is C13H16ClNO3. The van der Waals surface area contributed by atoms with Crippen molar-refractivity contribution in [3.05, 3.63) is 28.8 Å². The second-order valence-electron chi connectivity index (χ2n) is 4.57. The summed E-state index contributed by atoms with van der Waals surface area (Å²) >= 11 is 5.80. The van der Waals surface area contributed by atoms with E-state index in [1.54, 1.807) is 12.1 Å². The molecular weight excluding hydrogens is 254 g/mol. The maximum absolute atomic E-state index is 11.1. The molecule has 98 valence electrons. The predicted molar refractivity (Wildman–Crippen MR) is 69.6 cm³/mol. The largest absolute Gasteiger partial charge is 0.489 e. The molecule has 1 heterocycles. The van der Waals surface area contributed by atoms with E-state index in [4.69, 9.17) is 21.4 Å². The summed E-state index contributed by atoms with van der Waals surface area (Å²) in [4.78, 5) is 13.4. The number of nitrogens with zero attached hydrogens (tertiary/aromatic N) is 1. The average molecular weight is 270 g/mol. The standard InChI is InChI=1S/C13H16ClNO3/c1-15-6-4-10(5-7-15)18-12-3-2-9(14)8-11(12)13(16)17/h2-3,8,10H,4-7H2,1H3,(H,16,17). The number of hydrogen-bond acceptors (Lipinski definition) is 3. The summed E-state index contributed by atoms with van der Waals surface area (Å²) in [6.07, 6.45) is 1.91. The van der Waals surface area contributed by atoms with Crippen LogP contribution in [0.5, 0.6) is 5.75 Å². The molecule has 1 N–H and O–H groups in total. The number of ether oxygens (including phenoxy) is 1. The predicted octanol–water partition coefficient (Wildman–Crippen LogP) is 2.51. The van der Waals surface area contributed by atoms with Gasteiger partial charge in [-0.15, -0.1) is 0 Å². The molecule has 1 aromatic rings. The third kappa shape index (κ3) is 3.15. The van der Waals surface area contributed by atoms with Crippen LogP contribution < -0.4 is 4.74 Å². The summed E-state index contributed by atoms with van der Waals surface area (Å²) in [5, 5.41) is 9.52. The highest BCUT2D eigenvalue weighted by Gasteiger charge is 2.20. The highest BCUT2D eigenvalue weighted by atomic mass is 35.5. The van der Waals surface area contributed by atoms with Gasteiger partial charge in [-0.3, -0.25) is 0 Å². The molecule has 0 unspecified atom stereocenters. The van der Waals surface area contributed by atoms with E-state index in [0.717, 1.165) is 25.9 Å². The second-order valence-corrected chi connectivity index (χ2v) is 5.00. The van der Waals surface area contributed by atoms with Crippen LogP contribution in [0.4, 0.5) is 0 Å². The van der Waals surface area contributed by atoms with E-state index in [9.17, 15) is 4.79 Å². The maximum Gasteiger partial charge on any atom is 0.339 e. The van der Waals surface area contributed by atoms with Gasteiger partial charge in [0.25, 0.3) is 0 Å². The molecule has 0 spiro atoms. The zero-order valence-corrected chi connectivity index (χ0v) is 11.0. The van der Waals surface area contributed by atoms with Crippen molar-refractivity contribution in [3.63, 3.8) is 0 Å². The molecule has 2 rings (SSSR count). The van der Waals surface area contributed by atoms with Crippen LogP contribution >= 0.6 is 11.6 Å². The highest BCUT2D eigenvalue weighted by Crippen LogP contribution is 2.26. The number of carbonyl (C=O) groups is 1. The van der Waals surface area contributed by atoms with Crippen LogP contribution in [-0.2, 0) is 0 Å². The molecule has 1 aliphatic heterocycles. The first kappa shape index (κ1) is 13.2. The number of piperidine rings is 1. The molecule has 1 saturated heterocycles. The summed E-state index contributed by atoms with van der Waals surface area (Å²) in [7, 11) is 2.07. The minimum atomic E-state index is -1.01. The van der Waals surface area contributed by atoms with Gasteiger partial charge in [-0.05, 0) is 38.1 Å². The Morgan fingerprint density at radius 2 is 2.11 bits per heavy atom. The Labute approximate surface area is 111 Å². The van der Waals surface area contributed by atoms with E-state index >= 15 is 0 Å². The van der Waals surface area contributed by atoms with Crippen molar-refractivity contribution < 1.29 is 14.6 Å². The Balaban J connectivity index is 2.11. The van der Waals surface area contributed by atoms with E-state index in [1.165, 1.54) is 6.07 Å².